The summed E-state index contributed by atoms with van der Waals surface area (Å²) in [5.74, 6) is 0.270. The molecule has 1 N–H and O–H groups in total. The second kappa shape index (κ2) is 8.26. The van der Waals surface area contributed by atoms with E-state index in [2.05, 4.69) is 22.4 Å². The number of hydrogen-bond donors (Lipinski definition) is 1. The highest BCUT2D eigenvalue weighted by atomic mass is 19.1. The van der Waals surface area contributed by atoms with E-state index >= 15 is 0 Å². The third-order valence-corrected chi connectivity index (χ3v) is 4.95. The Morgan fingerprint density at radius 2 is 2.03 bits per heavy atom. The van der Waals surface area contributed by atoms with Gasteiger partial charge in [0.05, 0.1) is 0 Å². The number of benzene rings is 2. The van der Waals surface area contributed by atoms with E-state index in [-0.39, 0.29) is 23.8 Å². The van der Waals surface area contributed by atoms with E-state index in [1.165, 1.54) is 17.7 Å². The normalized spacial score (nSPS) is 18.1. The van der Waals surface area contributed by atoms with Crippen LogP contribution in [-0.2, 0) is 0 Å². The van der Waals surface area contributed by atoms with Gasteiger partial charge in [-0.1, -0.05) is 54.0 Å². The van der Waals surface area contributed by atoms with Crippen molar-refractivity contribution >= 4 is 18.1 Å². The lowest BCUT2D eigenvalue weighted by molar-refractivity contribution is 0.197. The first-order valence-corrected chi connectivity index (χ1v) is 9.49. The predicted octanol–water partition coefficient (Wildman–Crippen LogP) is 4.83. The zero-order valence-electron chi connectivity index (χ0n) is 16.0. The van der Waals surface area contributed by atoms with Crippen LogP contribution in [-0.4, -0.2) is 34.2 Å². The molecule has 0 spiro atoms. The van der Waals surface area contributed by atoms with Gasteiger partial charge < -0.3 is 9.32 Å². The van der Waals surface area contributed by atoms with Gasteiger partial charge >= 0.3 is 12.0 Å². The Morgan fingerprint density at radius 3 is 2.79 bits per heavy atom. The Bertz CT molecular complexity index is 1030. The number of carbonyl (C=O) groups excluding carboxylic acids is 1. The van der Waals surface area contributed by atoms with Crippen LogP contribution in [0, 0.1) is 11.7 Å². The molecule has 2 amide bonds. The maximum atomic E-state index is 13.4. The van der Waals surface area contributed by atoms with Crippen LogP contribution in [0.15, 0.2) is 64.6 Å². The number of halogens is 1. The van der Waals surface area contributed by atoms with Gasteiger partial charge in [0.25, 0.3) is 0 Å². The number of carbonyl (C=O) groups is 1. The summed E-state index contributed by atoms with van der Waals surface area (Å²) in [6, 6.07) is 15.7. The number of piperidine rings is 1. The summed E-state index contributed by atoms with van der Waals surface area (Å²) in [5.41, 5.74) is 2.83. The summed E-state index contributed by atoms with van der Waals surface area (Å²) in [5, 5.41) is 10.6. The van der Waals surface area contributed by atoms with Crippen LogP contribution in [0.3, 0.4) is 0 Å². The number of hydrogen-bond acceptors (Lipinski definition) is 4. The predicted molar refractivity (Wildman–Crippen MR) is 108 cm³/mol. The van der Waals surface area contributed by atoms with Gasteiger partial charge in [-0.05, 0) is 42.2 Å². The zero-order valence-corrected chi connectivity index (χ0v) is 16.0. The summed E-state index contributed by atoms with van der Waals surface area (Å²) in [4.78, 5) is 14.3. The molecule has 1 aliphatic heterocycles. The van der Waals surface area contributed by atoms with E-state index in [0.29, 0.717) is 19.0 Å². The lowest BCUT2D eigenvalue weighted by atomic mass is 9.91. The molecule has 29 heavy (non-hydrogen) atoms. The molecule has 1 aliphatic rings. The Labute approximate surface area is 168 Å². The average molecular weight is 392 g/mol. The molecule has 1 aromatic heterocycles. The molecule has 1 fully saturated rings. The molecule has 0 bridgehead atoms. The van der Waals surface area contributed by atoms with Gasteiger partial charge in [-0.3, -0.25) is 5.32 Å². The van der Waals surface area contributed by atoms with Crippen LogP contribution in [0.1, 0.15) is 18.9 Å². The van der Waals surface area contributed by atoms with Crippen molar-refractivity contribution in [2.45, 2.75) is 13.3 Å². The maximum Gasteiger partial charge on any atom is 0.325 e. The largest absolute Gasteiger partial charge is 0.403 e. The molecule has 4 rings (SSSR count). The molecule has 0 radical (unpaired) electrons. The van der Waals surface area contributed by atoms with Crippen LogP contribution < -0.4 is 5.32 Å². The fourth-order valence-corrected chi connectivity index (χ4v) is 3.40. The van der Waals surface area contributed by atoms with Gasteiger partial charge in [0.15, 0.2) is 0 Å². The third kappa shape index (κ3) is 4.51. The first-order chi connectivity index (χ1) is 14.1. The van der Waals surface area contributed by atoms with Crippen molar-refractivity contribution in [1.29, 1.82) is 0 Å². The number of anilines is 1. The Hall–Kier alpha value is -3.48. The summed E-state index contributed by atoms with van der Waals surface area (Å²) in [6.45, 7) is 3.19. The van der Waals surface area contributed by atoms with Crippen LogP contribution in [0.5, 0.6) is 0 Å². The van der Waals surface area contributed by atoms with Gasteiger partial charge in [0, 0.05) is 18.7 Å². The minimum atomic E-state index is -0.273. The smallest absolute Gasteiger partial charge is 0.325 e. The van der Waals surface area contributed by atoms with Crippen LogP contribution in [0.25, 0.3) is 17.5 Å². The minimum absolute atomic E-state index is 0.0719. The van der Waals surface area contributed by atoms with Crippen molar-refractivity contribution in [3.8, 4) is 11.5 Å². The number of aromatic nitrogens is 2. The minimum Gasteiger partial charge on any atom is -0.403 e. The monoisotopic (exact) mass is 392 g/mol. The fourth-order valence-electron chi connectivity index (χ4n) is 3.40. The highest BCUT2D eigenvalue weighted by molar-refractivity contribution is 5.87. The molecular formula is C22H21FN4O2. The van der Waals surface area contributed by atoms with Crippen molar-refractivity contribution in [2.24, 2.45) is 5.92 Å². The van der Waals surface area contributed by atoms with Gasteiger partial charge in [-0.2, -0.15) is 0 Å². The van der Waals surface area contributed by atoms with Crippen molar-refractivity contribution < 1.29 is 13.6 Å². The SMILES string of the molecule is CC1CN(C(=O)Nc2nnc(-c3ccccc3)o2)CC/C1=C\c1cccc(F)c1. The van der Waals surface area contributed by atoms with Gasteiger partial charge in [-0.15, -0.1) is 5.10 Å². The number of nitrogens with zero attached hydrogens (tertiary/aromatic N) is 3. The summed E-state index contributed by atoms with van der Waals surface area (Å²) in [7, 11) is 0. The standard InChI is InChI=1S/C22H21FN4O2/c1-15-14-27(11-10-18(15)12-16-6-5-9-19(23)13-16)22(28)24-21-26-25-20(29-21)17-7-3-2-4-8-17/h2-9,12-13,15H,10-11,14H2,1H3,(H,24,26,28)/b18-12+. The number of urea groups is 1. The zero-order chi connectivity index (χ0) is 20.2. The highest BCUT2D eigenvalue weighted by Crippen LogP contribution is 2.26. The van der Waals surface area contributed by atoms with Crippen LogP contribution in [0.4, 0.5) is 15.2 Å². The third-order valence-electron chi connectivity index (χ3n) is 4.95. The van der Waals surface area contributed by atoms with Gasteiger partial charge in [0.2, 0.25) is 5.89 Å². The molecule has 3 aromatic rings. The molecule has 0 saturated carbocycles. The lowest BCUT2D eigenvalue weighted by Crippen LogP contribution is -2.42. The Kier molecular flexibility index (Phi) is 5.37. The number of nitrogens with one attached hydrogen (secondary N) is 1. The number of amides is 2. The molecule has 0 aliphatic carbocycles. The van der Waals surface area contributed by atoms with E-state index in [0.717, 1.165) is 17.5 Å². The van der Waals surface area contributed by atoms with Crippen molar-refractivity contribution in [1.82, 2.24) is 15.1 Å². The van der Waals surface area contributed by atoms with E-state index in [1.54, 1.807) is 11.0 Å². The Morgan fingerprint density at radius 1 is 1.21 bits per heavy atom. The molecular weight excluding hydrogens is 371 g/mol. The second-order valence-electron chi connectivity index (χ2n) is 7.08. The quantitative estimate of drug-likeness (QED) is 0.693. The molecule has 2 aromatic carbocycles. The summed E-state index contributed by atoms with van der Waals surface area (Å²) in [6.07, 6.45) is 2.73. The van der Waals surface area contributed by atoms with Crippen molar-refractivity contribution in [3.63, 3.8) is 0 Å². The highest BCUT2D eigenvalue weighted by Gasteiger charge is 2.25. The molecule has 6 nitrogen and oxygen atoms in total. The van der Waals surface area contributed by atoms with Crippen LogP contribution >= 0.6 is 0 Å². The molecule has 1 saturated heterocycles. The van der Waals surface area contributed by atoms with Crippen molar-refractivity contribution in [2.75, 3.05) is 18.4 Å². The first kappa shape index (κ1) is 18.9. The average Bonchev–Trinajstić information content (AvgIpc) is 3.19. The summed E-state index contributed by atoms with van der Waals surface area (Å²) >= 11 is 0. The second-order valence-corrected chi connectivity index (χ2v) is 7.08. The van der Waals surface area contributed by atoms with Gasteiger partial charge in [-0.25, -0.2) is 9.18 Å². The molecule has 148 valence electrons. The van der Waals surface area contributed by atoms with Crippen molar-refractivity contribution in [3.05, 3.63) is 71.6 Å². The molecule has 1 atom stereocenters. The van der Waals surface area contributed by atoms with E-state index < -0.39 is 0 Å². The molecule has 1 unspecified atom stereocenters. The maximum absolute atomic E-state index is 13.4. The molecule has 7 heteroatoms. The topological polar surface area (TPSA) is 71.3 Å². The number of likely N-dealkylation sites (tertiary alicyclic amines) is 1. The Balaban J connectivity index is 1.38. The number of rotatable bonds is 3. The van der Waals surface area contributed by atoms with E-state index in [1.807, 2.05) is 42.5 Å². The van der Waals surface area contributed by atoms with Crippen LogP contribution in [0.2, 0.25) is 0 Å². The fraction of sp³-hybridized carbons (Fsp3) is 0.227. The summed E-state index contributed by atoms with van der Waals surface area (Å²) < 4.78 is 18.9. The molecule has 2 heterocycles. The first-order valence-electron chi connectivity index (χ1n) is 9.49. The van der Waals surface area contributed by atoms with E-state index in [4.69, 9.17) is 4.42 Å². The lowest BCUT2D eigenvalue weighted by Gasteiger charge is -2.32. The van der Waals surface area contributed by atoms with E-state index in [9.17, 15) is 9.18 Å². The van der Waals surface area contributed by atoms with Gasteiger partial charge in [0.1, 0.15) is 5.82 Å².